The molecule has 5 rings (SSSR count). The molecule has 0 bridgehead atoms. The van der Waals surface area contributed by atoms with Crippen molar-refractivity contribution in [2.24, 2.45) is 0 Å². The highest BCUT2D eigenvalue weighted by Crippen LogP contribution is 2.42. The van der Waals surface area contributed by atoms with Crippen molar-refractivity contribution in [2.45, 2.75) is 37.6 Å². The number of anilines is 1. The molecule has 8 nitrogen and oxygen atoms in total. The zero-order chi connectivity index (χ0) is 21.5. The number of halogens is 1. The van der Waals surface area contributed by atoms with Crippen molar-refractivity contribution >= 4 is 29.2 Å². The lowest BCUT2D eigenvalue weighted by molar-refractivity contribution is 0.102. The third-order valence-electron chi connectivity index (χ3n) is 5.37. The fourth-order valence-corrected chi connectivity index (χ4v) is 3.61. The second kappa shape index (κ2) is 7.70. The Bertz CT molecular complexity index is 1180. The number of rotatable bonds is 5. The van der Waals surface area contributed by atoms with E-state index in [1.165, 1.54) is 16.9 Å². The highest BCUT2D eigenvalue weighted by Gasteiger charge is 2.32. The van der Waals surface area contributed by atoms with E-state index in [2.05, 4.69) is 20.7 Å². The minimum atomic E-state index is -0.428. The molecule has 3 N–H and O–H groups in total. The van der Waals surface area contributed by atoms with E-state index in [1.54, 1.807) is 24.3 Å². The van der Waals surface area contributed by atoms with Gasteiger partial charge in [-0.1, -0.05) is 11.6 Å². The molecule has 1 aromatic carbocycles. The van der Waals surface area contributed by atoms with Crippen LogP contribution in [0.25, 0.3) is 11.3 Å². The molecule has 2 aromatic heterocycles. The third-order valence-corrected chi connectivity index (χ3v) is 5.67. The number of aromatic nitrogens is 3. The summed E-state index contributed by atoms with van der Waals surface area (Å²) < 4.78 is 1.42. The largest absolute Gasteiger partial charge is 0.507 e. The van der Waals surface area contributed by atoms with Gasteiger partial charge >= 0.3 is 6.03 Å². The monoisotopic (exact) mass is 437 g/mol. The Morgan fingerprint density at radius 2 is 1.94 bits per heavy atom. The van der Waals surface area contributed by atoms with Crippen molar-refractivity contribution in [1.29, 1.82) is 0 Å². The summed E-state index contributed by atoms with van der Waals surface area (Å²) in [6.45, 7) is 0. The third kappa shape index (κ3) is 4.11. The molecule has 158 valence electrons. The lowest BCUT2D eigenvalue weighted by atomic mass is 10.1. The fraction of sp³-hybridized carbons (Fsp3) is 0.273. The maximum absolute atomic E-state index is 12.6. The second-order valence-electron chi connectivity index (χ2n) is 7.89. The van der Waals surface area contributed by atoms with Crippen LogP contribution in [0.1, 0.15) is 47.7 Å². The lowest BCUT2D eigenvalue weighted by Crippen LogP contribution is -2.32. The Morgan fingerprint density at radius 3 is 2.61 bits per heavy atom. The predicted octanol–water partition coefficient (Wildman–Crippen LogP) is 4.15. The average Bonchev–Trinajstić information content (AvgIpc) is 3.68. The van der Waals surface area contributed by atoms with Crippen LogP contribution in [0, 0.1) is 0 Å². The van der Waals surface area contributed by atoms with Gasteiger partial charge in [-0.3, -0.25) is 4.79 Å². The molecular weight excluding hydrogens is 418 g/mol. The summed E-state index contributed by atoms with van der Waals surface area (Å²) in [5.74, 6) is -0.164. The Kier molecular flexibility index (Phi) is 4.86. The second-order valence-corrected chi connectivity index (χ2v) is 8.25. The summed E-state index contributed by atoms with van der Waals surface area (Å²) in [4.78, 5) is 28.9. The van der Waals surface area contributed by atoms with Crippen molar-refractivity contribution in [1.82, 2.24) is 20.1 Å². The number of aromatic hydroxyl groups is 1. The Labute approximate surface area is 183 Å². The molecule has 0 saturated heterocycles. The molecular formula is C22H20ClN5O3. The number of hydrogen-bond donors (Lipinski definition) is 3. The SMILES string of the molecule is O=C(Nc1ccc(-c2cc(C3CC3)n(C(=O)NC3CC3)n2)c(O)c1)c1cccnc1Cl. The molecule has 2 aliphatic carbocycles. The Balaban J connectivity index is 1.39. The highest BCUT2D eigenvalue weighted by molar-refractivity contribution is 6.33. The topological polar surface area (TPSA) is 109 Å². The van der Waals surface area contributed by atoms with E-state index >= 15 is 0 Å². The van der Waals surface area contributed by atoms with Crippen LogP contribution in [-0.2, 0) is 0 Å². The van der Waals surface area contributed by atoms with Gasteiger partial charge in [0, 0.05) is 35.5 Å². The Hall–Kier alpha value is -3.39. The van der Waals surface area contributed by atoms with Crippen LogP contribution in [0.15, 0.2) is 42.6 Å². The van der Waals surface area contributed by atoms with Gasteiger partial charge in [0.05, 0.1) is 17.0 Å². The molecule has 0 spiro atoms. The number of carbonyl (C=O) groups is 2. The number of carbonyl (C=O) groups excluding carboxylic acids is 2. The number of phenolic OH excluding ortho intramolecular Hbond substituents is 1. The van der Waals surface area contributed by atoms with E-state index in [-0.39, 0.29) is 28.5 Å². The summed E-state index contributed by atoms with van der Waals surface area (Å²) >= 11 is 5.97. The molecule has 0 aliphatic heterocycles. The van der Waals surface area contributed by atoms with Gasteiger partial charge in [-0.05, 0) is 56.0 Å². The maximum Gasteiger partial charge on any atom is 0.342 e. The van der Waals surface area contributed by atoms with E-state index in [9.17, 15) is 14.7 Å². The molecule has 9 heteroatoms. The van der Waals surface area contributed by atoms with E-state index < -0.39 is 5.91 Å². The smallest absolute Gasteiger partial charge is 0.342 e. The number of nitrogens with one attached hydrogen (secondary N) is 2. The van der Waals surface area contributed by atoms with E-state index in [4.69, 9.17) is 11.6 Å². The molecule has 2 amide bonds. The molecule has 0 radical (unpaired) electrons. The van der Waals surface area contributed by atoms with Gasteiger partial charge in [-0.15, -0.1) is 0 Å². The van der Waals surface area contributed by atoms with Crippen molar-refractivity contribution < 1.29 is 14.7 Å². The average molecular weight is 438 g/mol. The van der Waals surface area contributed by atoms with Crippen LogP contribution < -0.4 is 10.6 Å². The molecule has 0 unspecified atom stereocenters. The molecule has 3 aromatic rings. The molecule has 2 heterocycles. The maximum atomic E-state index is 12.6. The normalized spacial score (nSPS) is 15.5. The van der Waals surface area contributed by atoms with E-state index in [0.29, 0.717) is 22.9 Å². The van der Waals surface area contributed by atoms with Gasteiger partial charge in [0.2, 0.25) is 0 Å². The zero-order valence-corrected chi connectivity index (χ0v) is 17.3. The van der Waals surface area contributed by atoms with Crippen LogP contribution >= 0.6 is 11.6 Å². The molecule has 2 fully saturated rings. The van der Waals surface area contributed by atoms with Crippen LogP contribution in [0.2, 0.25) is 5.15 Å². The summed E-state index contributed by atoms with van der Waals surface area (Å²) in [5, 5.41) is 20.8. The molecule has 31 heavy (non-hydrogen) atoms. The van der Waals surface area contributed by atoms with E-state index in [1.807, 2.05) is 6.07 Å². The first-order valence-corrected chi connectivity index (χ1v) is 10.5. The zero-order valence-electron chi connectivity index (χ0n) is 16.5. The van der Waals surface area contributed by atoms with Gasteiger partial charge < -0.3 is 15.7 Å². The highest BCUT2D eigenvalue weighted by atomic mass is 35.5. The van der Waals surface area contributed by atoms with Crippen LogP contribution in [0.4, 0.5) is 10.5 Å². The van der Waals surface area contributed by atoms with Gasteiger partial charge in [0.15, 0.2) is 0 Å². The van der Waals surface area contributed by atoms with Gasteiger partial charge in [0.1, 0.15) is 10.9 Å². The number of pyridine rings is 1. The number of amides is 2. The van der Waals surface area contributed by atoms with Crippen molar-refractivity contribution in [3.8, 4) is 17.0 Å². The summed E-state index contributed by atoms with van der Waals surface area (Å²) in [5.41, 5.74) is 2.49. The van der Waals surface area contributed by atoms with Crippen molar-refractivity contribution in [2.75, 3.05) is 5.32 Å². The number of hydrogen-bond acceptors (Lipinski definition) is 5. The first-order valence-electron chi connectivity index (χ1n) is 10.2. The summed E-state index contributed by atoms with van der Waals surface area (Å²) in [7, 11) is 0. The standard InChI is InChI=1S/C22H20ClN5O3/c23-20-16(2-1-9-24-20)21(30)25-14-7-8-15(19(29)10-14)17-11-18(12-3-4-12)28(27-17)22(31)26-13-5-6-13/h1-2,7-13,29H,3-6H2,(H,25,30)(H,26,31). The minimum Gasteiger partial charge on any atom is -0.507 e. The summed E-state index contributed by atoms with van der Waals surface area (Å²) in [6, 6.07) is 9.82. The van der Waals surface area contributed by atoms with Crippen LogP contribution in [0.3, 0.4) is 0 Å². The number of nitrogens with zero attached hydrogens (tertiary/aromatic N) is 3. The minimum absolute atomic E-state index is 0.0512. The molecule has 0 atom stereocenters. The first kappa shape index (κ1) is 19.6. The fourth-order valence-electron chi connectivity index (χ4n) is 3.40. The molecule has 2 saturated carbocycles. The van der Waals surface area contributed by atoms with Gasteiger partial charge in [0.25, 0.3) is 5.91 Å². The molecule has 2 aliphatic rings. The van der Waals surface area contributed by atoms with Crippen molar-refractivity contribution in [3.05, 3.63) is 59.0 Å². The number of benzene rings is 1. The van der Waals surface area contributed by atoms with Gasteiger partial charge in [-0.2, -0.15) is 9.78 Å². The quantitative estimate of drug-likeness (QED) is 0.519. The number of phenols is 1. The van der Waals surface area contributed by atoms with E-state index in [0.717, 1.165) is 31.4 Å². The predicted molar refractivity (Wildman–Crippen MR) is 115 cm³/mol. The Morgan fingerprint density at radius 1 is 1.13 bits per heavy atom. The summed E-state index contributed by atoms with van der Waals surface area (Å²) in [6.07, 6.45) is 5.54. The van der Waals surface area contributed by atoms with Crippen molar-refractivity contribution in [3.63, 3.8) is 0 Å². The van der Waals surface area contributed by atoms with Crippen LogP contribution in [-0.4, -0.2) is 37.9 Å². The van der Waals surface area contributed by atoms with Gasteiger partial charge in [-0.25, -0.2) is 9.78 Å². The van der Waals surface area contributed by atoms with Crippen LogP contribution in [0.5, 0.6) is 5.75 Å². The lowest BCUT2D eigenvalue weighted by Gasteiger charge is -2.08. The first-order chi connectivity index (χ1) is 15.0.